The van der Waals surface area contributed by atoms with Crippen LogP contribution in [0.1, 0.15) is 29.3 Å². The Morgan fingerprint density at radius 3 is 2.67 bits per heavy atom. The number of hydrogen-bond acceptors (Lipinski definition) is 2. The normalized spacial score (nSPS) is 10.4. The van der Waals surface area contributed by atoms with Gasteiger partial charge in [0.15, 0.2) is 0 Å². The van der Waals surface area contributed by atoms with Crippen molar-refractivity contribution >= 4 is 21.8 Å². The van der Waals surface area contributed by atoms with Crippen molar-refractivity contribution in [2.75, 3.05) is 6.54 Å². The van der Waals surface area contributed by atoms with Gasteiger partial charge in [-0.1, -0.05) is 37.3 Å². The van der Waals surface area contributed by atoms with Gasteiger partial charge in [0, 0.05) is 17.2 Å². The van der Waals surface area contributed by atoms with E-state index in [9.17, 15) is 9.59 Å². The van der Waals surface area contributed by atoms with Crippen LogP contribution in [-0.4, -0.2) is 17.0 Å². The van der Waals surface area contributed by atoms with E-state index < -0.39 is 0 Å². The van der Waals surface area contributed by atoms with Crippen LogP contribution in [0.5, 0.6) is 0 Å². The number of carbonyl (C=O) groups excluding carboxylic acids is 1. The lowest BCUT2D eigenvalue weighted by molar-refractivity contribution is 0.0951. The number of nitrogens with zero attached hydrogens (tertiary/aromatic N) is 1. The molecule has 0 atom stereocenters. The van der Waals surface area contributed by atoms with E-state index in [1.807, 2.05) is 37.3 Å². The quantitative estimate of drug-likeness (QED) is 0.903. The fourth-order valence-electron chi connectivity index (χ4n) is 1.99. The highest BCUT2D eigenvalue weighted by Crippen LogP contribution is 2.10. The summed E-state index contributed by atoms with van der Waals surface area (Å²) >= 11 is 3.36. The fourth-order valence-corrected chi connectivity index (χ4v) is 2.47. The molecule has 0 aliphatic carbocycles. The first-order chi connectivity index (χ1) is 10.1. The minimum Gasteiger partial charge on any atom is -0.352 e. The van der Waals surface area contributed by atoms with E-state index in [1.54, 1.807) is 16.8 Å². The number of amides is 1. The Morgan fingerprint density at radius 2 is 2.00 bits per heavy atom. The van der Waals surface area contributed by atoms with Gasteiger partial charge in [-0.25, -0.2) is 0 Å². The molecule has 1 aromatic heterocycles. The SMILES string of the molecule is CCCNC(=O)c1cc(Br)cn(Cc2ccccc2)c1=O. The van der Waals surface area contributed by atoms with Crippen molar-refractivity contribution < 1.29 is 4.79 Å². The third-order valence-electron chi connectivity index (χ3n) is 3.03. The van der Waals surface area contributed by atoms with E-state index in [0.29, 0.717) is 17.6 Å². The van der Waals surface area contributed by atoms with E-state index in [-0.39, 0.29) is 17.0 Å². The number of halogens is 1. The van der Waals surface area contributed by atoms with Gasteiger partial charge in [-0.2, -0.15) is 0 Å². The molecule has 4 nitrogen and oxygen atoms in total. The molecule has 0 unspecified atom stereocenters. The van der Waals surface area contributed by atoms with E-state index in [2.05, 4.69) is 21.2 Å². The first-order valence-corrected chi connectivity index (χ1v) is 7.63. The summed E-state index contributed by atoms with van der Waals surface area (Å²) in [5, 5.41) is 2.73. The molecule has 1 aromatic carbocycles. The van der Waals surface area contributed by atoms with Crippen molar-refractivity contribution in [2.45, 2.75) is 19.9 Å². The van der Waals surface area contributed by atoms with Crippen LogP contribution in [0.25, 0.3) is 0 Å². The molecular weight excluding hydrogens is 332 g/mol. The van der Waals surface area contributed by atoms with Gasteiger partial charge in [0.25, 0.3) is 11.5 Å². The monoisotopic (exact) mass is 348 g/mol. The molecule has 1 heterocycles. The standard InChI is InChI=1S/C16H17BrN2O2/c1-2-8-18-15(20)14-9-13(17)11-19(16(14)21)10-12-6-4-3-5-7-12/h3-7,9,11H,2,8,10H2,1H3,(H,18,20). The molecule has 0 aliphatic heterocycles. The second kappa shape index (κ2) is 7.22. The summed E-state index contributed by atoms with van der Waals surface area (Å²) in [4.78, 5) is 24.4. The van der Waals surface area contributed by atoms with Crippen LogP contribution in [0.15, 0.2) is 51.9 Å². The summed E-state index contributed by atoms with van der Waals surface area (Å²) in [6.07, 6.45) is 2.53. The van der Waals surface area contributed by atoms with Crippen LogP contribution in [0, 0.1) is 0 Å². The third-order valence-corrected chi connectivity index (χ3v) is 3.46. The summed E-state index contributed by atoms with van der Waals surface area (Å²) in [6.45, 7) is 2.96. The van der Waals surface area contributed by atoms with Crippen LogP contribution in [0.3, 0.4) is 0 Å². The number of benzene rings is 1. The average molecular weight is 349 g/mol. The second-order valence-corrected chi connectivity index (χ2v) is 5.66. The highest BCUT2D eigenvalue weighted by molar-refractivity contribution is 9.10. The second-order valence-electron chi connectivity index (χ2n) is 4.75. The number of pyridine rings is 1. The smallest absolute Gasteiger partial charge is 0.263 e. The molecule has 5 heteroatoms. The molecule has 1 amide bonds. The summed E-state index contributed by atoms with van der Waals surface area (Å²) in [5.74, 6) is -0.329. The van der Waals surface area contributed by atoms with Gasteiger partial charge in [0.05, 0.1) is 6.54 Å². The molecule has 1 N–H and O–H groups in total. The zero-order chi connectivity index (χ0) is 15.2. The predicted octanol–water partition coefficient (Wildman–Crippen LogP) is 2.80. The molecule has 0 aliphatic rings. The Bertz CT molecular complexity index is 680. The minimum atomic E-state index is -0.329. The maximum atomic E-state index is 12.4. The molecule has 0 bridgehead atoms. The van der Waals surface area contributed by atoms with Crippen molar-refractivity contribution in [1.29, 1.82) is 0 Å². The molecule has 0 saturated carbocycles. The van der Waals surface area contributed by atoms with Gasteiger partial charge in [-0.05, 0) is 34.0 Å². The third kappa shape index (κ3) is 4.04. The van der Waals surface area contributed by atoms with Crippen molar-refractivity contribution in [2.24, 2.45) is 0 Å². The first-order valence-electron chi connectivity index (χ1n) is 6.84. The van der Waals surface area contributed by atoms with Gasteiger partial charge in [0.2, 0.25) is 0 Å². The number of carbonyl (C=O) groups is 1. The van der Waals surface area contributed by atoms with Crippen LogP contribution in [0.2, 0.25) is 0 Å². The fraction of sp³-hybridized carbons (Fsp3) is 0.250. The van der Waals surface area contributed by atoms with Crippen molar-refractivity contribution in [3.8, 4) is 0 Å². The topological polar surface area (TPSA) is 51.1 Å². The van der Waals surface area contributed by atoms with Gasteiger partial charge in [-0.15, -0.1) is 0 Å². The first kappa shape index (κ1) is 15.5. The van der Waals surface area contributed by atoms with E-state index in [0.717, 1.165) is 12.0 Å². The molecule has 110 valence electrons. The summed E-state index contributed by atoms with van der Waals surface area (Å²) in [5.41, 5.74) is 0.891. The lowest BCUT2D eigenvalue weighted by Gasteiger charge is -2.10. The minimum absolute atomic E-state index is 0.161. The zero-order valence-electron chi connectivity index (χ0n) is 11.8. The lowest BCUT2D eigenvalue weighted by Crippen LogP contribution is -2.33. The molecular formula is C16H17BrN2O2. The number of nitrogens with one attached hydrogen (secondary N) is 1. The summed E-state index contributed by atoms with van der Waals surface area (Å²) in [6, 6.07) is 11.2. The maximum absolute atomic E-state index is 12.4. The highest BCUT2D eigenvalue weighted by atomic mass is 79.9. The van der Waals surface area contributed by atoms with Crippen LogP contribution < -0.4 is 10.9 Å². The Morgan fingerprint density at radius 1 is 1.29 bits per heavy atom. The Hall–Kier alpha value is -1.88. The number of aromatic nitrogens is 1. The van der Waals surface area contributed by atoms with E-state index >= 15 is 0 Å². The van der Waals surface area contributed by atoms with E-state index in [4.69, 9.17) is 0 Å². The predicted molar refractivity (Wildman–Crippen MR) is 86.6 cm³/mol. The Kier molecular flexibility index (Phi) is 5.33. The van der Waals surface area contributed by atoms with Gasteiger partial charge < -0.3 is 9.88 Å². The van der Waals surface area contributed by atoms with Crippen LogP contribution >= 0.6 is 15.9 Å². The van der Waals surface area contributed by atoms with Crippen LogP contribution in [-0.2, 0) is 6.54 Å². The van der Waals surface area contributed by atoms with Gasteiger partial charge in [0.1, 0.15) is 5.56 Å². The highest BCUT2D eigenvalue weighted by Gasteiger charge is 2.13. The molecule has 0 spiro atoms. The molecule has 2 rings (SSSR count). The Balaban J connectivity index is 2.33. The van der Waals surface area contributed by atoms with Crippen molar-refractivity contribution in [1.82, 2.24) is 9.88 Å². The molecule has 0 fully saturated rings. The number of hydrogen-bond donors (Lipinski definition) is 1. The number of rotatable bonds is 5. The maximum Gasteiger partial charge on any atom is 0.263 e. The molecule has 21 heavy (non-hydrogen) atoms. The summed E-state index contributed by atoms with van der Waals surface area (Å²) in [7, 11) is 0. The van der Waals surface area contributed by atoms with Gasteiger partial charge >= 0.3 is 0 Å². The lowest BCUT2D eigenvalue weighted by atomic mass is 10.2. The largest absolute Gasteiger partial charge is 0.352 e. The summed E-state index contributed by atoms with van der Waals surface area (Å²) < 4.78 is 2.25. The molecule has 0 radical (unpaired) electrons. The molecule has 0 saturated heterocycles. The molecule has 2 aromatic rings. The average Bonchev–Trinajstić information content (AvgIpc) is 2.49. The zero-order valence-corrected chi connectivity index (χ0v) is 13.4. The van der Waals surface area contributed by atoms with Crippen LogP contribution in [0.4, 0.5) is 0 Å². The van der Waals surface area contributed by atoms with Crippen molar-refractivity contribution in [3.63, 3.8) is 0 Å². The van der Waals surface area contributed by atoms with Crippen molar-refractivity contribution in [3.05, 3.63) is 68.5 Å². The van der Waals surface area contributed by atoms with Gasteiger partial charge in [-0.3, -0.25) is 9.59 Å². The Labute approximate surface area is 131 Å². The van der Waals surface area contributed by atoms with E-state index in [1.165, 1.54) is 0 Å².